The van der Waals surface area contributed by atoms with Gasteiger partial charge in [-0.05, 0) is 0 Å². The molecular weight excluding hydrogens is 60.3 g/mol. The molecule has 4 heavy (non-hydrogen) atoms. The summed E-state index contributed by atoms with van der Waals surface area (Å²) in [6, 6.07) is 0. The van der Waals surface area contributed by atoms with Crippen molar-refractivity contribution in [2.45, 2.75) is 16.5 Å². The summed E-state index contributed by atoms with van der Waals surface area (Å²) < 4.78 is 1.46. The molecule has 0 nitrogen and oxygen atoms in total. The van der Waals surface area contributed by atoms with Crippen LogP contribution in [0.1, 0.15) is 6.92 Å². The maximum absolute atomic E-state index is 2.32. The highest BCUT2D eigenvalue weighted by molar-refractivity contribution is 6.33. The van der Waals surface area contributed by atoms with Crippen molar-refractivity contribution >= 4 is 20.4 Å². The molecule has 0 amide bonds. The van der Waals surface area contributed by atoms with Crippen molar-refractivity contribution in [2.24, 2.45) is 0 Å². The zero-order chi connectivity index (χ0) is 3.41. The molecule has 0 fully saturated rings. The van der Waals surface area contributed by atoms with Gasteiger partial charge in [-0.3, -0.25) is 0 Å². The van der Waals surface area contributed by atoms with Crippen molar-refractivity contribution in [1.82, 2.24) is 0 Å². The summed E-state index contributed by atoms with van der Waals surface area (Å²) in [6.07, 6.45) is 0. The van der Waals surface area contributed by atoms with Crippen molar-refractivity contribution in [3.05, 3.63) is 0 Å². The van der Waals surface area contributed by atoms with Crippen molar-refractivity contribution in [3.63, 3.8) is 0 Å². The molecule has 0 aliphatic carbocycles. The first-order chi connectivity index (χ1) is 1.91. The van der Waals surface area contributed by atoms with Gasteiger partial charge in [-0.25, -0.2) is 0 Å². The first kappa shape index (κ1) is 4.77. The van der Waals surface area contributed by atoms with Crippen LogP contribution in [0, 0.1) is 0 Å². The molecule has 0 radical (unpaired) electrons. The highest BCUT2D eigenvalue weighted by atomic mass is 24.5. The minimum absolute atomic E-state index is 0.424. The van der Waals surface area contributed by atoms with Crippen LogP contribution in [0.2, 0.25) is 9.60 Å². The van der Waals surface area contributed by atoms with Crippen LogP contribution < -0.4 is 0 Å². The topological polar surface area (TPSA) is 0 Å². The molecule has 0 rings (SSSR count). The van der Waals surface area contributed by atoms with Gasteiger partial charge in [-0.1, -0.05) is 6.92 Å². The van der Waals surface area contributed by atoms with Gasteiger partial charge < -0.3 is 0 Å². The third-order valence-corrected chi connectivity index (χ3v) is 1.50. The Kier molecular flexibility index (Phi) is 4.49. The van der Waals surface area contributed by atoms with E-state index in [2.05, 4.69) is 12.0 Å². The summed E-state index contributed by atoms with van der Waals surface area (Å²) in [6.45, 7) is 2.24. The molecule has 0 atom stereocenters. The van der Waals surface area contributed by atoms with E-state index in [0.29, 0.717) is 20.4 Å². The Morgan fingerprint density at radius 1 is 1.75 bits per heavy atom. The maximum atomic E-state index is 2.32. The van der Waals surface area contributed by atoms with E-state index in [0.717, 1.165) is 0 Å². The lowest BCUT2D eigenvalue weighted by Crippen LogP contribution is -1.67. The first-order valence-electron chi connectivity index (χ1n) is 1.91. The second kappa shape index (κ2) is 3.77. The first-order valence-corrected chi connectivity index (χ1v) is 4.33. The Balaban J connectivity index is 1.97. The van der Waals surface area contributed by atoms with E-state index >= 15 is 0 Å². The average Bonchev–Trinajstić information content (AvgIpc) is 1.37. The van der Waals surface area contributed by atoms with Crippen LogP contribution in [0.15, 0.2) is 0 Å². The molecule has 0 aromatic rings. The van der Waals surface area contributed by atoms with E-state index in [4.69, 9.17) is 0 Å². The maximum Gasteiger partial charge on any atom is 0.359 e. The predicted octanol–water partition coefficient (Wildman–Crippen LogP) is 1.18. The van der Waals surface area contributed by atoms with Crippen molar-refractivity contribution < 1.29 is 0 Å². The summed E-state index contributed by atoms with van der Waals surface area (Å²) in [5.41, 5.74) is 0. The van der Waals surface area contributed by atoms with E-state index in [9.17, 15) is 0 Å². The van der Waals surface area contributed by atoms with Gasteiger partial charge in [0.2, 0.25) is 0 Å². The van der Waals surface area contributed by atoms with Gasteiger partial charge in [0.05, 0.1) is 0 Å². The van der Waals surface area contributed by atoms with E-state index in [1.54, 1.807) is 0 Å². The minimum atomic E-state index is 0.424. The molecule has 0 saturated carbocycles. The minimum Gasteiger partial charge on any atom is -0.157 e. The van der Waals surface area contributed by atoms with E-state index in [1.165, 1.54) is 4.55 Å². The lowest BCUT2D eigenvalue weighted by atomic mass is 11.0. The van der Waals surface area contributed by atoms with Crippen LogP contribution in [0.25, 0.3) is 0 Å². The molecule has 0 spiro atoms. The Morgan fingerprint density at radius 2 is 2.00 bits per heavy atom. The lowest BCUT2D eigenvalue weighted by molar-refractivity contribution is 1.45. The second-order valence-electron chi connectivity index (χ2n) is 1.000. The van der Waals surface area contributed by atoms with Gasteiger partial charge in [0.1, 0.15) is 0 Å². The summed E-state index contributed by atoms with van der Waals surface area (Å²) in [5.74, 6) is 0. The molecule has 22 valence electrons. The van der Waals surface area contributed by atoms with Gasteiger partial charge in [0.15, 0.2) is 0 Å². The van der Waals surface area contributed by atoms with Gasteiger partial charge >= 0.3 is 20.4 Å². The molecule has 0 N–H and O–H groups in total. The third-order valence-electron chi connectivity index (χ3n) is 0.500. The smallest absolute Gasteiger partial charge is 0.157 e. The largest absolute Gasteiger partial charge is 0.359 e. The van der Waals surface area contributed by atoms with Gasteiger partial charge in [0.25, 0.3) is 0 Å². The fourth-order valence-corrected chi connectivity index (χ4v) is 0. The van der Waals surface area contributed by atoms with Gasteiger partial charge in [-0.15, -0.1) is 4.55 Å². The molecular formula is C3H8Mg. The molecule has 0 heterocycles. The molecule has 0 unspecified atom stereocenters. The summed E-state index contributed by atoms with van der Waals surface area (Å²) in [7, 11) is 0. The van der Waals surface area contributed by atoms with Crippen LogP contribution >= 0.6 is 0 Å². The standard InChI is InChI=1S/C2H5.CH3.Mg/c1-2;;/h1H2,2H3;1H3;. The van der Waals surface area contributed by atoms with E-state index in [-0.39, 0.29) is 0 Å². The Morgan fingerprint density at radius 3 is 2.00 bits per heavy atom. The predicted molar refractivity (Wildman–Crippen MR) is 22.1 cm³/mol. The fraction of sp³-hybridized carbons (Fsp3) is 1.00. The number of hydrogen-bond donors (Lipinski definition) is 0. The zero-order valence-corrected chi connectivity index (χ0v) is 4.83. The normalized spacial score (nSPS) is 5.50. The quantitative estimate of drug-likeness (QED) is 0.405. The lowest BCUT2D eigenvalue weighted by Gasteiger charge is -1.60. The van der Waals surface area contributed by atoms with E-state index in [1.807, 2.05) is 0 Å². The summed E-state index contributed by atoms with van der Waals surface area (Å²) in [4.78, 5) is 0. The van der Waals surface area contributed by atoms with Crippen LogP contribution in [0.4, 0.5) is 0 Å². The average molecular weight is 68.4 g/mol. The van der Waals surface area contributed by atoms with Crippen molar-refractivity contribution in [3.8, 4) is 0 Å². The molecule has 0 bridgehead atoms. The fourth-order valence-electron chi connectivity index (χ4n) is 0. The van der Waals surface area contributed by atoms with Crippen LogP contribution in [-0.2, 0) is 0 Å². The molecule has 0 aliphatic heterocycles. The Labute approximate surface area is 37.3 Å². The van der Waals surface area contributed by atoms with Gasteiger partial charge in [0, 0.05) is 0 Å². The Bertz CT molecular complexity index is 5.25. The molecule has 0 aromatic heterocycles. The van der Waals surface area contributed by atoms with Crippen LogP contribution in [0.3, 0.4) is 0 Å². The molecule has 1 heteroatoms. The molecule has 0 aromatic carbocycles. The van der Waals surface area contributed by atoms with Crippen LogP contribution in [0.5, 0.6) is 0 Å². The highest BCUT2D eigenvalue weighted by Crippen LogP contribution is 1.64. The van der Waals surface area contributed by atoms with Crippen molar-refractivity contribution in [1.29, 1.82) is 0 Å². The highest BCUT2D eigenvalue weighted by Gasteiger charge is 1.69. The monoisotopic (exact) mass is 68.0 g/mol. The number of hydrogen-bond acceptors (Lipinski definition) is 0. The third kappa shape index (κ3) is 2.77. The molecule has 0 aliphatic rings. The van der Waals surface area contributed by atoms with Gasteiger partial charge in [-0.2, -0.15) is 5.05 Å². The van der Waals surface area contributed by atoms with E-state index < -0.39 is 0 Å². The Hall–Kier alpha value is 0.766. The SMILES string of the molecule is C[CH2][Mg][CH3]. The zero-order valence-electron chi connectivity index (χ0n) is 3.41. The summed E-state index contributed by atoms with van der Waals surface area (Å²) in [5, 5.41) is 2.32. The summed E-state index contributed by atoms with van der Waals surface area (Å²) >= 11 is 0.424. The van der Waals surface area contributed by atoms with Crippen molar-refractivity contribution in [2.75, 3.05) is 0 Å². The number of rotatable bonds is 1. The molecule has 0 saturated heterocycles. The second-order valence-corrected chi connectivity index (χ2v) is 3.00. The van der Waals surface area contributed by atoms with Crippen LogP contribution in [-0.4, -0.2) is 20.4 Å².